The van der Waals surface area contributed by atoms with E-state index in [9.17, 15) is 0 Å². The Kier molecular flexibility index (Phi) is 6.06. The van der Waals surface area contributed by atoms with Gasteiger partial charge < -0.3 is 4.90 Å². The van der Waals surface area contributed by atoms with Gasteiger partial charge in [0.15, 0.2) is 0 Å². The van der Waals surface area contributed by atoms with Crippen molar-refractivity contribution in [2.75, 3.05) is 0 Å². The highest BCUT2D eigenvalue weighted by Gasteiger charge is 2.16. The highest BCUT2D eigenvalue weighted by molar-refractivity contribution is 6.83. The molecule has 0 aliphatic carbocycles. The molecule has 0 fully saturated rings. The van der Waals surface area contributed by atoms with Crippen molar-refractivity contribution in [3.63, 3.8) is 0 Å². The zero-order valence-electron chi connectivity index (χ0n) is 12.1. The third-order valence-corrected chi connectivity index (χ3v) is 3.03. The molecule has 2 nitrogen and oxygen atoms in total. The summed E-state index contributed by atoms with van der Waals surface area (Å²) in [7, 11) is -1.40. The van der Waals surface area contributed by atoms with Gasteiger partial charge in [-0.3, -0.25) is 0 Å². The lowest BCUT2D eigenvalue weighted by Crippen LogP contribution is -2.36. The van der Waals surface area contributed by atoms with Gasteiger partial charge in [-0.2, -0.15) is 5.26 Å². The van der Waals surface area contributed by atoms with Crippen LogP contribution in [0.15, 0.2) is 11.8 Å². The lowest BCUT2D eigenvalue weighted by Gasteiger charge is -2.32. The van der Waals surface area contributed by atoms with Gasteiger partial charge in [-0.05, 0) is 27.7 Å². The molecule has 0 aliphatic rings. The largest absolute Gasteiger partial charge is 0.359 e. The molecule has 0 spiro atoms. The normalized spacial score (nSPS) is 12.1. The van der Waals surface area contributed by atoms with Crippen molar-refractivity contribution in [3.05, 3.63) is 11.8 Å². The van der Waals surface area contributed by atoms with Crippen molar-refractivity contribution >= 4 is 8.07 Å². The number of allylic oxidation sites excluding steroid dienone is 2. The molecule has 0 unspecified atom stereocenters. The first-order valence-corrected chi connectivity index (χ1v) is 9.60. The second-order valence-electron chi connectivity index (χ2n) is 5.75. The fourth-order valence-electron chi connectivity index (χ4n) is 1.64. The Hall–Kier alpha value is -1.19. The predicted octanol–water partition coefficient (Wildman–Crippen LogP) is 3.39. The van der Waals surface area contributed by atoms with Crippen LogP contribution in [0.4, 0.5) is 0 Å². The average molecular weight is 248 g/mol. The van der Waals surface area contributed by atoms with E-state index in [1.807, 2.05) is 0 Å². The lowest BCUT2D eigenvalue weighted by atomic mass is 10.2. The number of hydrogen-bond donors (Lipinski definition) is 0. The van der Waals surface area contributed by atoms with E-state index in [4.69, 9.17) is 5.26 Å². The highest BCUT2D eigenvalue weighted by Crippen LogP contribution is 2.13. The summed E-state index contributed by atoms with van der Waals surface area (Å²) in [5.74, 6) is 3.20. The number of nitrogens with zero attached hydrogens (tertiary/aromatic N) is 2. The van der Waals surface area contributed by atoms with Crippen LogP contribution in [0.1, 0.15) is 27.7 Å². The SMILES string of the molecule is CC(C)N(/C(C#C[Si](C)(C)C)=C/C#N)C(C)C. The van der Waals surface area contributed by atoms with Crippen molar-refractivity contribution in [1.29, 1.82) is 5.26 Å². The molecule has 0 rings (SSSR count). The Labute approximate surface area is 107 Å². The Morgan fingerprint density at radius 2 is 1.59 bits per heavy atom. The summed E-state index contributed by atoms with van der Waals surface area (Å²) in [6.07, 6.45) is 1.56. The molecule has 0 heterocycles. The van der Waals surface area contributed by atoms with Crippen LogP contribution in [0.3, 0.4) is 0 Å². The van der Waals surface area contributed by atoms with Gasteiger partial charge in [0.2, 0.25) is 0 Å². The molecule has 0 radical (unpaired) electrons. The van der Waals surface area contributed by atoms with Crippen molar-refractivity contribution in [2.45, 2.75) is 59.4 Å². The summed E-state index contributed by atoms with van der Waals surface area (Å²) in [5, 5.41) is 8.87. The van der Waals surface area contributed by atoms with E-state index in [1.165, 1.54) is 0 Å². The zero-order valence-corrected chi connectivity index (χ0v) is 13.1. The number of nitriles is 1. The predicted molar refractivity (Wildman–Crippen MR) is 76.9 cm³/mol. The van der Waals surface area contributed by atoms with E-state index >= 15 is 0 Å². The number of hydrogen-bond acceptors (Lipinski definition) is 2. The highest BCUT2D eigenvalue weighted by atomic mass is 28.3. The van der Waals surface area contributed by atoms with Gasteiger partial charge in [0.05, 0.1) is 11.8 Å². The molecule has 0 atom stereocenters. The molecular formula is C14H24N2Si. The van der Waals surface area contributed by atoms with Gasteiger partial charge >= 0.3 is 0 Å². The first-order chi connectivity index (χ1) is 7.69. The van der Waals surface area contributed by atoms with Gasteiger partial charge in [-0.15, -0.1) is 5.54 Å². The summed E-state index contributed by atoms with van der Waals surface area (Å²) < 4.78 is 0. The Balaban J connectivity index is 5.30. The smallest absolute Gasteiger partial charge is 0.129 e. The van der Waals surface area contributed by atoms with Crippen molar-refractivity contribution < 1.29 is 0 Å². The summed E-state index contributed by atoms with van der Waals surface area (Å²) in [6, 6.07) is 2.81. The molecule has 0 N–H and O–H groups in total. The average Bonchev–Trinajstić information content (AvgIpc) is 2.12. The first-order valence-electron chi connectivity index (χ1n) is 6.10. The molecule has 0 saturated carbocycles. The van der Waals surface area contributed by atoms with E-state index < -0.39 is 8.07 Å². The van der Waals surface area contributed by atoms with E-state index in [0.717, 1.165) is 5.70 Å². The topological polar surface area (TPSA) is 27.0 Å². The summed E-state index contributed by atoms with van der Waals surface area (Å²) in [6.45, 7) is 15.1. The maximum absolute atomic E-state index is 8.87. The van der Waals surface area contributed by atoms with E-state index in [-0.39, 0.29) is 0 Å². The molecule has 0 amide bonds. The molecule has 0 aromatic heterocycles. The molecule has 0 aliphatic heterocycles. The maximum atomic E-state index is 8.87. The third kappa shape index (κ3) is 6.19. The van der Waals surface area contributed by atoms with Crippen molar-refractivity contribution in [3.8, 4) is 17.5 Å². The van der Waals surface area contributed by atoms with Crippen LogP contribution >= 0.6 is 0 Å². The van der Waals surface area contributed by atoms with Crippen molar-refractivity contribution in [2.24, 2.45) is 0 Å². The quantitative estimate of drug-likeness (QED) is 0.435. The minimum Gasteiger partial charge on any atom is -0.359 e. The van der Waals surface area contributed by atoms with Gasteiger partial charge in [-0.1, -0.05) is 25.6 Å². The molecule has 0 bridgehead atoms. The standard InChI is InChI=1S/C14H24N2Si/c1-12(2)16(13(3)4)14(8-10-15)9-11-17(5,6)7/h8,12-13H,1-7H3/b14-8+. The van der Waals surface area contributed by atoms with Crippen molar-refractivity contribution in [1.82, 2.24) is 4.90 Å². The second-order valence-corrected chi connectivity index (χ2v) is 10.5. The van der Waals surface area contributed by atoms with Crippen LogP contribution in [-0.2, 0) is 0 Å². The van der Waals surface area contributed by atoms with E-state index in [1.54, 1.807) is 6.08 Å². The fourth-order valence-corrected chi connectivity index (χ4v) is 2.14. The number of rotatable bonds is 3. The third-order valence-electron chi connectivity index (χ3n) is 2.16. The van der Waals surface area contributed by atoms with Gasteiger partial charge in [0.25, 0.3) is 0 Å². The Bertz CT molecular complexity index is 362. The van der Waals surface area contributed by atoms with E-state index in [2.05, 4.69) is 69.8 Å². The molecular weight excluding hydrogens is 224 g/mol. The van der Waals surface area contributed by atoms with Crippen LogP contribution < -0.4 is 0 Å². The first kappa shape index (κ1) is 15.8. The van der Waals surface area contributed by atoms with Crippen LogP contribution in [0.25, 0.3) is 0 Å². The minimum atomic E-state index is -1.40. The monoisotopic (exact) mass is 248 g/mol. The molecule has 17 heavy (non-hydrogen) atoms. The zero-order chi connectivity index (χ0) is 13.6. The molecule has 0 aromatic carbocycles. The van der Waals surface area contributed by atoms with Crippen LogP contribution in [0, 0.1) is 22.8 Å². The molecule has 0 aromatic rings. The molecule has 3 heteroatoms. The van der Waals surface area contributed by atoms with Gasteiger partial charge in [0.1, 0.15) is 8.07 Å². The lowest BCUT2D eigenvalue weighted by molar-refractivity contribution is 0.242. The molecule has 0 saturated heterocycles. The summed E-state index contributed by atoms with van der Waals surface area (Å²) in [4.78, 5) is 2.19. The van der Waals surface area contributed by atoms with Gasteiger partial charge in [0, 0.05) is 18.2 Å². The Morgan fingerprint density at radius 3 is 1.88 bits per heavy atom. The van der Waals surface area contributed by atoms with Gasteiger partial charge in [-0.25, -0.2) is 0 Å². The summed E-state index contributed by atoms with van der Waals surface area (Å²) >= 11 is 0. The van der Waals surface area contributed by atoms with Crippen LogP contribution in [0.2, 0.25) is 19.6 Å². The van der Waals surface area contributed by atoms with E-state index in [0.29, 0.717) is 12.1 Å². The second kappa shape index (κ2) is 6.52. The molecule has 94 valence electrons. The fraction of sp³-hybridized carbons (Fsp3) is 0.643. The minimum absolute atomic E-state index is 0.352. The van der Waals surface area contributed by atoms with Crippen LogP contribution in [0.5, 0.6) is 0 Å². The maximum Gasteiger partial charge on any atom is 0.129 e. The van der Waals surface area contributed by atoms with Crippen LogP contribution in [-0.4, -0.2) is 25.1 Å². The Morgan fingerprint density at radius 1 is 1.12 bits per heavy atom. The summed E-state index contributed by atoms with van der Waals surface area (Å²) in [5.41, 5.74) is 4.17.